The summed E-state index contributed by atoms with van der Waals surface area (Å²) in [4.78, 5) is 53.5. The van der Waals surface area contributed by atoms with Crippen LogP contribution in [0.3, 0.4) is 0 Å². The summed E-state index contributed by atoms with van der Waals surface area (Å²) in [6.45, 7) is 3.55. The van der Waals surface area contributed by atoms with E-state index in [9.17, 15) is 24.3 Å². The Morgan fingerprint density at radius 1 is 1.06 bits per heavy atom. The maximum absolute atomic E-state index is 13.2. The monoisotopic (exact) mass is 423 g/mol. The van der Waals surface area contributed by atoms with Crippen LogP contribution in [0.5, 0.6) is 0 Å². The van der Waals surface area contributed by atoms with E-state index >= 15 is 0 Å². The molecule has 3 N–H and O–H groups in total. The summed E-state index contributed by atoms with van der Waals surface area (Å²) in [5.74, 6) is -2.19. The number of rotatable bonds is 8. The van der Waals surface area contributed by atoms with E-state index in [1.807, 2.05) is 13.0 Å². The number of aromatic amines is 1. The number of aliphatic carboxylic acids is 1. The Morgan fingerprint density at radius 3 is 2.35 bits per heavy atom. The predicted octanol–water partition coefficient (Wildman–Crippen LogP) is 2.09. The van der Waals surface area contributed by atoms with E-state index in [0.29, 0.717) is 11.9 Å². The van der Waals surface area contributed by atoms with Gasteiger partial charge in [0.2, 0.25) is 5.91 Å². The number of carboxylic acid groups (broad SMARTS) is 1. The van der Waals surface area contributed by atoms with E-state index in [2.05, 4.69) is 10.3 Å². The summed E-state index contributed by atoms with van der Waals surface area (Å²) in [7, 11) is 0. The van der Waals surface area contributed by atoms with Gasteiger partial charge < -0.3 is 15.4 Å². The van der Waals surface area contributed by atoms with Crippen LogP contribution in [0.1, 0.15) is 31.9 Å². The molecule has 3 rings (SSSR count). The van der Waals surface area contributed by atoms with Crippen molar-refractivity contribution >= 4 is 22.8 Å². The van der Waals surface area contributed by atoms with Gasteiger partial charge in [-0.15, -0.1) is 0 Å². The molecule has 2 aromatic carbocycles. The Balaban J connectivity index is 2.10. The third-order valence-corrected chi connectivity index (χ3v) is 5.50. The fourth-order valence-corrected chi connectivity index (χ4v) is 3.53. The van der Waals surface area contributed by atoms with Gasteiger partial charge in [0, 0.05) is 6.42 Å². The number of para-hydroxylation sites is 1. The Hall–Kier alpha value is -3.68. The fourth-order valence-electron chi connectivity index (χ4n) is 3.53. The van der Waals surface area contributed by atoms with Crippen molar-refractivity contribution in [2.75, 3.05) is 0 Å². The minimum Gasteiger partial charge on any atom is -0.480 e. The zero-order chi connectivity index (χ0) is 22.5. The third-order valence-electron chi connectivity index (χ3n) is 5.50. The first-order valence-electron chi connectivity index (χ1n) is 10.1. The number of carbonyl (C=O) groups is 2. The maximum Gasteiger partial charge on any atom is 0.329 e. The van der Waals surface area contributed by atoms with Gasteiger partial charge in [-0.25, -0.2) is 14.2 Å². The van der Waals surface area contributed by atoms with Gasteiger partial charge in [0.25, 0.3) is 5.56 Å². The van der Waals surface area contributed by atoms with Crippen LogP contribution >= 0.6 is 0 Å². The highest BCUT2D eigenvalue weighted by atomic mass is 16.4. The van der Waals surface area contributed by atoms with Crippen LogP contribution in [0, 0.1) is 5.92 Å². The smallest absolute Gasteiger partial charge is 0.329 e. The molecule has 8 heteroatoms. The van der Waals surface area contributed by atoms with Crippen LogP contribution < -0.4 is 16.6 Å². The van der Waals surface area contributed by atoms with Gasteiger partial charge in [-0.2, -0.15) is 0 Å². The van der Waals surface area contributed by atoms with Crippen LogP contribution in [0.2, 0.25) is 0 Å². The number of amides is 1. The molecular weight excluding hydrogens is 398 g/mol. The quantitative estimate of drug-likeness (QED) is 0.512. The molecule has 0 radical (unpaired) electrons. The van der Waals surface area contributed by atoms with E-state index in [1.165, 1.54) is 0 Å². The van der Waals surface area contributed by atoms with Crippen LogP contribution in [-0.2, 0) is 16.0 Å². The number of benzene rings is 2. The van der Waals surface area contributed by atoms with Crippen molar-refractivity contribution in [3.8, 4) is 0 Å². The molecule has 0 aliphatic rings. The van der Waals surface area contributed by atoms with Crippen LogP contribution in [0.4, 0.5) is 0 Å². The molecule has 8 nitrogen and oxygen atoms in total. The molecule has 31 heavy (non-hydrogen) atoms. The van der Waals surface area contributed by atoms with E-state index < -0.39 is 35.2 Å². The number of aromatic nitrogens is 2. The predicted molar refractivity (Wildman–Crippen MR) is 117 cm³/mol. The molecule has 0 spiro atoms. The zero-order valence-corrected chi connectivity index (χ0v) is 17.4. The maximum atomic E-state index is 13.2. The van der Waals surface area contributed by atoms with Gasteiger partial charge in [-0.05, 0) is 23.6 Å². The fraction of sp³-hybridized carbons (Fsp3) is 0.304. The second kappa shape index (κ2) is 9.42. The van der Waals surface area contributed by atoms with E-state index in [-0.39, 0.29) is 17.7 Å². The molecule has 0 saturated heterocycles. The van der Waals surface area contributed by atoms with Gasteiger partial charge in [-0.1, -0.05) is 62.7 Å². The average molecular weight is 423 g/mol. The summed E-state index contributed by atoms with van der Waals surface area (Å²) in [5.41, 5.74) is -0.228. The molecule has 1 aromatic heterocycles. The Morgan fingerprint density at radius 2 is 1.71 bits per heavy atom. The first kappa shape index (κ1) is 22.0. The Bertz CT molecular complexity index is 1200. The Kier molecular flexibility index (Phi) is 6.69. The van der Waals surface area contributed by atoms with Crippen molar-refractivity contribution in [3.05, 3.63) is 81.0 Å². The summed E-state index contributed by atoms with van der Waals surface area (Å²) < 4.78 is 0.875. The largest absolute Gasteiger partial charge is 0.480 e. The van der Waals surface area contributed by atoms with E-state index in [4.69, 9.17) is 0 Å². The molecule has 162 valence electrons. The molecule has 0 aliphatic carbocycles. The van der Waals surface area contributed by atoms with Crippen molar-refractivity contribution in [2.45, 2.75) is 38.8 Å². The summed E-state index contributed by atoms with van der Waals surface area (Å²) in [5, 5.41) is 12.4. The number of nitrogens with zero attached hydrogens (tertiary/aromatic N) is 1. The highest BCUT2D eigenvalue weighted by molar-refractivity contribution is 5.86. The molecule has 1 amide bonds. The molecular formula is C23H25N3O5. The van der Waals surface area contributed by atoms with Gasteiger partial charge >= 0.3 is 11.7 Å². The lowest BCUT2D eigenvalue weighted by molar-refractivity contribution is -0.143. The lowest BCUT2D eigenvalue weighted by Gasteiger charge is -2.24. The second-order valence-corrected chi connectivity index (χ2v) is 7.57. The SMILES string of the molecule is CCC(C)C(NC(=O)C(Cc1ccccc1)n1c(=O)[nH]c2ccccc2c1=O)C(=O)O. The van der Waals surface area contributed by atoms with Gasteiger partial charge in [0.1, 0.15) is 12.1 Å². The van der Waals surface area contributed by atoms with E-state index in [0.717, 1.165) is 10.1 Å². The van der Waals surface area contributed by atoms with Crippen molar-refractivity contribution in [1.29, 1.82) is 0 Å². The minimum absolute atomic E-state index is 0.0564. The molecule has 0 saturated carbocycles. The molecule has 0 bridgehead atoms. The van der Waals surface area contributed by atoms with Crippen LogP contribution in [0.25, 0.3) is 10.9 Å². The molecule has 0 fully saturated rings. The number of fused-ring (bicyclic) bond motifs is 1. The molecule has 0 aliphatic heterocycles. The molecule has 3 unspecified atom stereocenters. The normalized spacial score (nSPS) is 14.0. The molecule has 1 heterocycles. The van der Waals surface area contributed by atoms with Crippen molar-refractivity contribution in [3.63, 3.8) is 0 Å². The highest BCUT2D eigenvalue weighted by Crippen LogP contribution is 2.16. The van der Waals surface area contributed by atoms with E-state index in [1.54, 1.807) is 55.5 Å². The molecule has 3 aromatic rings. The van der Waals surface area contributed by atoms with Gasteiger partial charge in [-0.3, -0.25) is 9.59 Å². The summed E-state index contributed by atoms with van der Waals surface area (Å²) in [6, 6.07) is 13.2. The summed E-state index contributed by atoms with van der Waals surface area (Å²) >= 11 is 0. The molecule has 3 atom stereocenters. The van der Waals surface area contributed by atoms with Gasteiger partial charge in [0.15, 0.2) is 0 Å². The highest BCUT2D eigenvalue weighted by Gasteiger charge is 2.31. The first-order valence-corrected chi connectivity index (χ1v) is 10.1. The zero-order valence-electron chi connectivity index (χ0n) is 17.4. The van der Waals surface area contributed by atoms with Crippen molar-refractivity contribution in [1.82, 2.24) is 14.9 Å². The third kappa shape index (κ3) is 4.74. The van der Waals surface area contributed by atoms with Crippen molar-refractivity contribution in [2.24, 2.45) is 5.92 Å². The number of hydrogen-bond acceptors (Lipinski definition) is 4. The number of nitrogens with one attached hydrogen (secondary N) is 2. The van der Waals surface area contributed by atoms with Gasteiger partial charge in [0.05, 0.1) is 10.9 Å². The first-order chi connectivity index (χ1) is 14.8. The Labute approximate surface area is 178 Å². The number of carboxylic acids is 1. The van der Waals surface area contributed by atoms with Crippen molar-refractivity contribution < 1.29 is 14.7 Å². The topological polar surface area (TPSA) is 121 Å². The second-order valence-electron chi connectivity index (χ2n) is 7.57. The summed E-state index contributed by atoms with van der Waals surface area (Å²) in [6.07, 6.45) is 0.595. The lowest BCUT2D eigenvalue weighted by atomic mass is 9.98. The number of carbonyl (C=O) groups excluding carboxylic acids is 1. The number of hydrogen-bond donors (Lipinski definition) is 3. The lowest BCUT2D eigenvalue weighted by Crippen LogP contribution is -2.51. The number of H-pyrrole nitrogens is 1. The minimum atomic E-state index is -1.21. The van der Waals surface area contributed by atoms with Crippen LogP contribution in [-0.4, -0.2) is 32.6 Å². The average Bonchev–Trinajstić information content (AvgIpc) is 2.76. The van der Waals surface area contributed by atoms with Crippen LogP contribution in [0.15, 0.2) is 64.2 Å². The standard InChI is InChI=1S/C23H25N3O5/c1-3-14(2)19(22(29)30)25-20(27)18(13-15-9-5-4-6-10-15)26-21(28)16-11-7-8-12-17(16)24-23(26)31/h4-12,14,18-19H,3,13H2,1-2H3,(H,24,31)(H,25,27)(H,29,30).